The summed E-state index contributed by atoms with van der Waals surface area (Å²) in [7, 11) is 0. The molecule has 1 fully saturated rings. The van der Waals surface area contributed by atoms with Crippen molar-refractivity contribution < 1.29 is 9.80 Å². The third-order valence-electron chi connectivity index (χ3n) is 5.56. The molecule has 1 atom stereocenters. The maximum atomic E-state index is 6.37. The van der Waals surface area contributed by atoms with Crippen LogP contribution in [0.2, 0.25) is 5.02 Å². The largest absolute Gasteiger partial charge is 0.326 e. The molecule has 126 valence electrons. The van der Waals surface area contributed by atoms with Crippen LogP contribution in [0.1, 0.15) is 24.1 Å². The van der Waals surface area contributed by atoms with E-state index in [9.17, 15) is 0 Å². The Morgan fingerprint density at radius 1 is 1.04 bits per heavy atom. The summed E-state index contributed by atoms with van der Waals surface area (Å²) >= 11 is 8.28. The third kappa shape index (κ3) is 3.23. The van der Waals surface area contributed by atoms with E-state index in [4.69, 9.17) is 11.6 Å². The minimum atomic E-state index is 0.522. The first-order valence-electron chi connectivity index (χ1n) is 8.98. The lowest BCUT2D eigenvalue weighted by molar-refractivity contribution is -1.03. The number of likely N-dealkylation sites (N-methyl/N-ethyl adjacent to an activating group) is 1. The molecule has 2 N–H and O–H groups in total. The van der Waals surface area contributed by atoms with Crippen molar-refractivity contribution in [2.24, 2.45) is 0 Å². The molecule has 1 saturated heterocycles. The van der Waals surface area contributed by atoms with Gasteiger partial charge in [0.15, 0.2) is 0 Å². The molecule has 0 radical (unpaired) electrons. The van der Waals surface area contributed by atoms with Crippen LogP contribution in [-0.2, 0) is 6.42 Å². The lowest BCUT2D eigenvalue weighted by atomic mass is 9.96. The van der Waals surface area contributed by atoms with E-state index in [1.54, 1.807) is 9.80 Å². The summed E-state index contributed by atoms with van der Waals surface area (Å²) in [6.45, 7) is 8.63. The Kier molecular flexibility index (Phi) is 4.86. The van der Waals surface area contributed by atoms with Crippen LogP contribution in [-0.4, -0.2) is 32.7 Å². The molecule has 2 aromatic rings. The maximum Gasteiger partial charge on any atom is 0.128 e. The summed E-state index contributed by atoms with van der Waals surface area (Å²) in [5.41, 5.74) is 2.93. The Bertz CT molecular complexity index is 725. The number of nitrogens with one attached hydrogen (secondary N) is 2. The van der Waals surface area contributed by atoms with Gasteiger partial charge in [0.1, 0.15) is 32.2 Å². The van der Waals surface area contributed by atoms with E-state index >= 15 is 0 Å². The predicted molar refractivity (Wildman–Crippen MR) is 100 cm³/mol. The second-order valence-corrected chi connectivity index (χ2v) is 8.43. The second-order valence-electron chi connectivity index (χ2n) is 6.91. The fourth-order valence-corrected chi connectivity index (χ4v) is 5.40. The first kappa shape index (κ1) is 16.5. The summed E-state index contributed by atoms with van der Waals surface area (Å²) in [6, 6.07) is 15.9. The summed E-state index contributed by atoms with van der Waals surface area (Å²) in [6.07, 6.45) is 1.12. The standard InChI is InChI=1S/C20H23ClN2S/c1-2-22-9-11-23(12-10-22)18-13-15-5-3-4-6-19(15)24-20-8-7-16(21)14-17(18)20/h3-8,14,18H,2,9-13H2,1H3/p+2/t18-/m0/s1. The smallest absolute Gasteiger partial charge is 0.128 e. The highest BCUT2D eigenvalue weighted by molar-refractivity contribution is 7.99. The zero-order chi connectivity index (χ0) is 16.5. The molecule has 4 rings (SSSR count). The molecular weight excluding hydrogens is 336 g/mol. The van der Waals surface area contributed by atoms with E-state index in [1.165, 1.54) is 53.6 Å². The lowest BCUT2D eigenvalue weighted by Gasteiger charge is -2.34. The average molecular weight is 361 g/mol. The summed E-state index contributed by atoms with van der Waals surface area (Å²) in [5.74, 6) is 0. The molecule has 0 bridgehead atoms. The molecule has 0 saturated carbocycles. The Morgan fingerprint density at radius 3 is 2.62 bits per heavy atom. The quantitative estimate of drug-likeness (QED) is 0.831. The van der Waals surface area contributed by atoms with Gasteiger partial charge in [-0.15, -0.1) is 0 Å². The molecule has 0 aromatic heterocycles. The average Bonchev–Trinajstić information content (AvgIpc) is 2.78. The van der Waals surface area contributed by atoms with Crippen molar-refractivity contribution in [3.63, 3.8) is 0 Å². The summed E-state index contributed by atoms with van der Waals surface area (Å²) in [4.78, 5) is 6.26. The molecular formula is C20H25ClN2S+2. The highest BCUT2D eigenvalue weighted by Crippen LogP contribution is 2.40. The topological polar surface area (TPSA) is 8.88 Å². The van der Waals surface area contributed by atoms with Gasteiger partial charge in [0.2, 0.25) is 0 Å². The van der Waals surface area contributed by atoms with E-state index in [0.29, 0.717) is 6.04 Å². The highest BCUT2D eigenvalue weighted by atomic mass is 35.5. The zero-order valence-electron chi connectivity index (χ0n) is 14.1. The number of halogens is 1. The maximum absolute atomic E-state index is 6.37. The van der Waals surface area contributed by atoms with Crippen LogP contribution in [0, 0.1) is 0 Å². The van der Waals surface area contributed by atoms with Gasteiger partial charge in [-0.2, -0.15) is 0 Å². The summed E-state index contributed by atoms with van der Waals surface area (Å²) < 4.78 is 0. The molecule has 0 amide bonds. The van der Waals surface area contributed by atoms with Gasteiger partial charge in [-0.25, -0.2) is 0 Å². The Morgan fingerprint density at radius 2 is 1.83 bits per heavy atom. The van der Waals surface area contributed by atoms with Crippen molar-refractivity contribution in [1.29, 1.82) is 0 Å². The molecule has 2 aromatic carbocycles. The highest BCUT2D eigenvalue weighted by Gasteiger charge is 2.34. The molecule has 2 nitrogen and oxygen atoms in total. The molecule has 4 heteroatoms. The lowest BCUT2D eigenvalue weighted by Crippen LogP contribution is -3.28. The van der Waals surface area contributed by atoms with E-state index in [1.807, 2.05) is 17.8 Å². The van der Waals surface area contributed by atoms with E-state index in [-0.39, 0.29) is 0 Å². The van der Waals surface area contributed by atoms with E-state index < -0.39 is 0 Å². The third-order valence-corrected chi connectivity index (χ3v) is 7.00. The van der Waals surface area contributed by atoms with Crippen molar-refractivity contribution in [3.05, 3.63) is 58.6 Å². The van der Waals surface area contributed by atoms with Crippen molar-refractivity contribution in [2.45, 2.75) is 29.2 Å². The van der Waals surface area contributed by atoms with Gasteiger partial charge in [0.25, 0.3) is 0 Å². The molecule has 2 heterocycles. The Hall–Kier alpha value is -1.00. The fraction of sp³-hybridized carbons (Fsp3) is 0.400. The zero-order valence-corrected chi connectivity index (χ0v) is 15.7. The number of hydrogen-bond acceptors (Lipinski definition) is 1. The van der Waals surface area contributed by atoms with E-state index in [2.05, 4.69) is 43.3 Å². The van der Waals surface area contributed by atoms with Gasteiger partial charge in [0, 0.05) is 26.8 Å². The minimum absolute atomic E-state index is 0.522. The van der Waals surface area contributed by atoms with Gasteiger partial charge in [-0.1, -0.05) is 41.6 Å². The minimum Gasteiger partial charge on any atom is -0.326 e. The van der Waals surface area contributed by atoms with Gasteiger partial charge in [0.05, 0.1) is 6.54 Å². The number of hydrogen-bond donors (Lipinski definition) is 2. The van der Waals surface area contributed by atoms with Crippen LogP contribution in [0.4, 0.5) is 0 Å². The van der Waals surface area contributed by atoms with Crippen LogP contribution < -0.4 is 9.80 Å². The van der Waals surface area contributed by atoms with Gasteiger partial charge in [-0.05, 0) is 36.8 Å². The van der Waals surface area contributed by atoms with Crippen molar-refractivity contribution in [2.75, 3.05) is 32.7 Å². The molecule has 24 heavy (non-hydrogen) atoms. The number of piperazine rings is 1. The van der Waals surface area contributed by atoms with Crippen LogP contribution in [0.5, 0.6) is 0 Å². The molecule has 0 aliphatic carbocycles. The van der Waals surface area contributed by atoms with Gasteiger partial charge >= 0.3 is 0 Å². The van der Waals surface area contributed by atoms with Crippen LogP contribution in [0.3, 0.4) is 0 Å². The molecule has 0 unspecified atom stereocenters. The van der Waals surface area contributed by atoms with Crippen molar-refractivity contribution in [1.82, 2.24) is 0 Å². The molecule has 2 aliphatic heterocycles. The second kappa shape index (κ2) is 7.09. The van der Waals surface area contributed by atoms with Crippen LogP contribution in [0.25, 0.3) is 0 Å². The Labute approximate surface area is 153 Å². The van der Waals surface area contributed by atoms with Gasteiger partial charge in [-0.3, -0.25) is 0 Å². The Balaban J connectivity index is 1.71. The number of quaternary nitrogens is 2. The van der Waals surface area contributed by atoms with E-state index in [0.717, 1.165) is 11.4 Å². The molecule has 0 spiro atoms. The molecule has 2 aliphatic rings. The predicted octanol–water partition coefficient (Wildman–Crippen LogP) is 1.89. The number of rotatable bonds is 2. The first-order chi connectivity index (χ1) is 11.7. The van der Waals surface area contributed by atoms with Crippen molar-refractivity contribution >= 4 is 23.4 Å². The van der Waals surface area contributed by atoms with Crippen LogP contribution >= 0.6 is 23.4 Å². The number of benzene rings is 2. The fourth-order valence-electron chi connectivity index (χ4n) is 4.10. The normalized spacial score (nSPS) is 26.3. The monoisotopic (exact) mass is 360 g/mol. The SMILES string of the molecule is CC[NH+]1CC[NH+]([C@H]2Cc3ccccc3Sc3ccc(Cl)cc32)CC1. The summed E-state index contributed by atoms with van der Waals surface area (Å²) in [5, 5.41) is 0.863. The van der Waals surface area contributed by atoms with Crippen LogP contribution in [0.15, 0.2) is 52.3 Å². The first-order valence-corrected chi connectivity index (χ1v) is 10.2. The van der Waals surface area contributed by atoms with Gasteiger partial charge < -0.3 is 9.80 Å². The van der Waals surface area contributed by atoms with Crippen molar-refractivity contribution in [3.8, 4) is 0 Å². The number of fused-ring (bicyclic) bond motifs is 2.